The van der Waals surface area contributed by atoms with Crippen molar-refractivity contribution in [3.05, 3.63) is 47.5 Å². The lowest BCUT2D eigenvalue weighted by molar-refractivity contribution is -0.134. The maximum Gasteiger partial charge on any atom is 0.330 e. The van der Waals surface area contributed by atoms with Crippen molar-refractivity contribution in [2.24, 2.45) is 0 Å². The molecule has 5 nitrogen and oxygen atoms in total. The largest absolute Gasteiger partial charge is 0.466 e. The molecule has 1 N–H and O–H groups in total. The predicted molar refractivity (Wildman–Crippen MR) is 76.6 cm³/mol. The van der Waals surface area contributed by atoms with E-state index in [0.29, 0.717) is 19.6 Å². The molecule has 1 saturated heterocycles. The topological polar surface area (TPSA) is 65.0 Å². The highest BCUT2D eigenvalue weighted by atomic mass is 16.6. The molecule has 21 heavy (non-hydrogen) atoms. The molecule has 1 aliphatic rings. The van der Waals surface area contributed by atoms with E-state index in [1.165, 1.54) is 13.2 Å². The van der Waals surface area contributed by atoms with Gasteiger partial charge in [-0.15, -0.1) is 0 Å². The minimum Gasteiger partial charge on any atom is -0.466 e. The zero-order chi connectivity index (χ0) is 15.1. The summed E-state index contributed by atoms with van der Waals surface area (Å²) in [5.41, 5.74) is 1.10. The van der Waals surface area contributed by atoms with E-state index in [1.807, 2.05) is 30.3 Å². The number of ether oxygens (including phenoxy) is 3. The maximum atomic E-state index is 11.2. The van der Waals surface area contributed by atoms with Crippen LogP contribution >= 0.6 is 0 Å². The number of aliphatic hydroxyl groups is 1. The molecule has 2 rings (SSSR count). The van der Waals surface area contributed by atoms with Crippen molar-refractivity contribution >= 4 is 5.97 Å². The standard InChI is InChI=1S/C16H20O5/c1-19-15(18)7-14-8-16(11-17,21-10-14)12-20-9-13-5-3-2-4-6-13/h2-7,17H,8-12H2,1H3/b14-7+. The van der Waals surface area contributed by atoms with Crippen LogP contribution in [0.4, 0.5) is 0 Å². The van der Waals surface area contributed by atoms with E-state index in [0.717, 1.165) is 11.1 Å². The van der Waals surface area contributed by atoms with E-state index in [-0.39, 0.29) is 13.2 Å². The Labute approximate surface area is 124 Å². The van der Waals surface area contributed by atoms with Crippen LogP contribution in [0.5, 0.6) is 0 Å². The average molecular weight is 292 g/mol. The fraction of sp³-hybridized carbons (Fsp3) is 0.438. The minimum absolute atomic E-state index is 0.152. The monoisotopic (exact) mass is 292 g/mol. The molecular weight excluding hydrogens is 272 g/mol. The molecule has 0 saturated carbocycles. The summed E-state index contributed by atoms with van der Waals surface area (Å²) in [5, 5.41) is 9.57. The minimum atomic E-state index is -0.769. The van der Waals surface area contributed by atoms with Crippen LogP contribution < -0.4 is 0 Å². The van der Waals surface area contributed by atoms with Gasteiger partial charge in [0.2, 0.25) is 0 Å². The van der Waals surface area contributed by atoms with Crippen molar-refractivity contribution in [3.63, 3.8) is 0 Å². The van der Waals surface area contributed by atoms with Crippen molar-refractivity contribution < 1.29 is 24.1 Å². The summed E-state index contributed by atoms with van der Waals surface area (Å²) in [6.07, 6.45) is 1.88. The van der Waals surface area contributed by atoms with Crippen molar-refractivity contribution in [3.8, 4) is 0 Å². The van der Waals surface area contributed by atoms with Crippen LogP contribution in [0, 0.1) is 0 Å². The summed E-state index contributed by atoms with van der Waals surface area (Å²) in [6.45, 7) is 0.892. The maximum absolute atomic E-state index is 11.2. The van der Waals surface area contributed by atoms with Gasteiger partial charge in [0.25, 0.3) is 0 Å². The molecule has 114 valence electrons. The van der Waals surface area contributed by atoms with Crippen LogP contribution in [-0.2, 0) is 25.6 Å². The second-order valence-electron chi connectivity index (χ2n) is 5.11. The summed E-state index contributed by atoms with van der Waals surface area (Å²) >= 11 is 0. The molecule has 1 unspecified atom stereocenters. The second kappa shape index (κ2) is 7.36. The summed E-state index contributed by atoms with van der Waals surface area (Å²) < 4.78 is 15.9. The number of hydrogen-bond acceptors (Lipinski definition) is 5. The van der Waals surface area contributed by atoms with Crippen molar-refractivity contribution in [1.82, 2.24) is 0 Å². The van der Waals surface area contributed by atoms with E-state index >= 15 is 0 Å². The van der Waals surface area contributed by atoms with Gasteiger partial charge >= 0.3 is 5.97 Å². The van der Waals surface area contributed by atoms with Gasteiger partial charge in [-0.25, -0.2) is 4.79 Å². The van der Waals surface area contributed by atoms with Gasteiger partial charge in [0.15, 0.2) is 0 Å². The van der Waals surface area contributed by atoms with Crippen LogP contribution in [0.25, 0.3) is 0 Å². The van der Waals surface area contributed by atoms with Crippen LogP contribution in [0.3, 0.4) is 0 Å². The van der Waals surface area contributed by atoms with Crippen LogP contribution in [0.2, 0.25) is 0 Å². The van der Waals surface area contributed by atoms with Crippen LogP contribution in [0.15, 0.2) is 42.0 Å². The van der Waals surface area contributed by atoms with E-state index < -0.39 is 11.6 Å². The van der Waals surface area contributed by atoms with Gasteiger partial charge in [-0.05, 0) is 11.1 Å². The Kier molecular flexibility index (Phi) is 5.50. The molecule has 1 aromatic carbocycles. The Morgan fingerprint density at radius 2 is 2.19 bits per heavy atom. The highest BCUT2D eigenvalue weighted by Gasteiger charge is 2.37. The first-order chi connectivity index (χ1) is 10.2. The third kappa shape index (κ3) is 4.39. The zero-order valence-electron chi connectivity index (χ0n) is 12.1. The molecule has 0 aromatic heterocycles. The first-order valence-corrected chi connectivity index (χ1v) is 6.81. The Morgan fingerprint density at radius 3 is 2.86 bits per heavy atom. The average Bonchev–Trinajstić information content (AvgIpc) is 2.92. The SMILES string of the molecule is COC(=O)/C=C1/COC(CO)(COCc2ccccc2)C1. The molecule has 1 heterocycles. The number of esters is 1. The predicted octanol–water partition coefficient (Wildman–Crippen LogP) is 1.45. The molecule has 1 fully saturated rings. The molecule has 0 spiro atoms. The molecule has 0 amide bonds. The number of benzene rings is 1. The first-order valence-electron chi connectivity index (χ1n) is 6.81. The fourth-order valence-corrected chi connectivity index (χ4v) is 2.25. The summed E-state index contributed by atoms with van der Waals surface area (Å²) in [7, 11) is 1.33. The second-order valence-corrected chi connectivity index (χ2v) is 5.11. The van der Waals surface area contributed by atoms with Crippen LogP contribution in [-0.4, -0.2) is 43.6 Å². The van der Waals surface area contributed by atoms with Gasteiger partial charge in [0.1, 0.15) is 5.60 Å². The number of aliphatic hydroxyl groups excluding tert-OH is 1. The van der Waals surface area contributed by atoms with Gasteiger partial charge < -0.3 is 19.3 Å². The lowest BCUT2D eigenvalue weighted by atomic mass is 9.99. The van der Waals surface area contributed by atoms with Gasteiger partial charge in [-0.1, -0.05) is 30.3 Å². The van der Waals surface area contributed by atoms with Gasteiger partial charge in [-0.3, -0.25) is 0 Å². The zero-order valence-corrected chi connectivity index (χ0v) is 12.1. The molecule has 1 aromatic rings. The van der Waals surface area contributed by atoms with Gasteiger partial charge in [0.05, 0.1) is 33.5 Å². The molecule has 0 bridgehead atoms. The number of carbonyl (C=O) groups is 1. The van der Waals surface area contributed by atoms with E-state index in [1.54, 1.807) is 0 Å². The van der Waals surface area contributed by atoms with E-state index in [4.69, 9.17) is 9.47 Å². The highest BCUT2D eigenvalue weighted by Crippen LogP contribution is 2.30. The fourth-order valence-electron chi connectivity index (χ4n) is 2.25. The van der Waals surface area contributed by atoms with E-state index in [9.17, 15) is 9.90 Å². The van der Waals surface area contributed by atoms with Gasteiger partial charge in [-0.2, -0.15) is 0 Å². The molecular formula is C16H20O5. The van der Waals surface area contributed by atoms with Crippen molar-refractivity contribution in [1.29, 1.82) is 0 Å². The number of carbonyl (C=O) groups excluding carboxylic acids is 1. The third-order valence-electron chi connectivity index (χ3n) is 3.40. The summed E-state index contributed by atoms with van der Waals surface area (Å²) in [6, 6.07) is 9.80. The van der Waals surface area contributed by atoms with Gasteiger partial charge in [0, 0.05) is 12.5 Å². The Bertz CT molecular complexity index is 497. The van der Waals surface area contributed by atoms with Crippen LogP contribution in [0.1, 0.15) is 12.0 Å². The summed E-state index contributed by atoms with van der Waals surface area (Å²) in [4.78, 5) is 11.2. The summed E-state index contributed by atoms with van der Waals surface area (Å²) in [5.74, 6) is -0.410. The number of hydrogen-bond donors (Lipinski definition) is 1. The molecule has 0 aliphatic carbocycles. The molecule has 0 radical (unpaired) electrons. The smallest absolute Gasteiger partial charge is 0.330 e. The Balaban J connectivity index is 1.88. The quantitative estimate of drug-likeness (QED) is 0.635. The third-order valence-corrected chi connectivity index (χ3v) is 3.40. The number of methoxy groups -OCH3 is 1. The lowest BCUT2D eigenvalue weighted by Crippen LogP contribution is -2.37. The Hall–Kier alpha value is -1.69. The first kappa shape index (κ1) is 15.7. The van der Waals surface area contributed by atoms with Crippen molar-refractivity contribution in [2.75, 3.05) is 26.9 Å². The normalized spacial score (nSPS) is 23.4. The molecule has 1 aliphatic heterocycles. The lowest BCUT2D eigenvalue weighted by Gasteiger charge is -2.25. The Morgan fingerprint density at radius 1 is 1.43 bits per heavy atom. The van der Waals surface area contributed by atoms with E-state index in [2.05, 4.69) is 4.74 Å². The molecule has 1 atom stereocenters. The highest BCUT2D eigenvalue weighted by molar-refractivity contribution is 5.82. The number of rotatable bonds is 6. The molecule has 5 heteroatoms. The van der Waals surface area contributed by atoms with Crippen molar-refractivity contribution in [2.45, 2.75) is 18.6 Å².